The van der Waals surface area contributed by atoms with Gasteiger partial charge in [0, 0.05) is 24.5 Å². The average Bonchev–Trinajstić information content (AvgIpc) is 3.39. The van der Waals surface area contributed by atoms with Gasteiger partial charge in [0.05, 0.1) is 6.26 Å². The topological polar surface area (TPSA) is 74.6 Å². The number of amides is 2. The number of benzene rings is 2. The van der Waals surface area contributed by atoms with Gasteiger partial charge in [0.2, 0.25) is 0 Å². The third-order valence-corrected chi connectivity index (χ3v) is 4.92. The fraction of sp³-hybridized carbons (Fsp3) is 0.182. The second-order valence-corrected chi connectivity index (χ2v) is 6.78. The zero-order chi connectivity index (χ0) is 20.2. The largest absolute Gasteiger partial charge is 0.467 e. The first-order valence-corrected chi connectivity index (χ1v) is 9.34. The van der Waals surface area contributed by atoms with Gasteiger partial charge >= 0.3 is 11.8 Å². The van der Waals surface area contributed by atoms with Gasteiger partial charge in [-0.3, -0.25) is 9.59 Å². The molecule has 0 bridgehead atoms. The Morgan fingerprint density at radius 1 is 1.07 bits per heavy atom. The molecule has 7 heteroatoms. The summed E-state index contributed by atoms with van der Waals surface area (Å²) in [5.41, 5.74) is 2.55. The van der Waals surface area contributed by atoms with Gasteiger partial charge in [-0.05, 0) is 48.4 Å². The minimum atomic E-state index is -0.851. The van der Waals surface area contributed by atoms with Crippen molar-refractivity contribution in [3.63, 3.8) is 0 Å². The summed E-state index contributed by atoms with van der Waals surface area (Å²) in [6.45, 7) is 0.979. The third-order valence-electron chi connectivity index (χ3n) is 4.92. The van der Waals surface area contributed by atoms with E-state index in [9.17, 15) is 14.0 Å². The molecule has 1 aliphatic heterocycles. The number of hydrogen-bond acceptors (Lipinski definition) is 4. The first-order valence-electron chi connectivity index (χ1n) is 9.34. The Labute approximate surface area is 167 Å². The maximum atomic E-state index is 13.3. The Bertz CT molecular complexity index is 1020. The molecule has 148 valence electrons. The molecule has 0 saturated heterocycles. The van der Waals surface area contributed by atoms with Crippen LogP contribution in [0.15, 0.2) is 71.3 Å². The second-order valence-electron chi connectivity index (χ2n) is 6.78. The smallest absolute Gasteiger partial charge is 0.313 e. The number of para-hydroxylation sites is 1. The van der Waals surface area contributed by atoms with Gasteiger partial charge in [-0.15, -0.1) is 0 Å². The summed E-state index contributed by atoms with van der Waals surface area (Å²) in [5.74, 6) is -1.43. The maximum Gasteiger partial charge on any atom is 0.313 e. The molecule has 6 nitrogen and oxygen atoms in total. The van der Waals surface area contributed by atoms with Crippen LogP contribution in [0.1, 0.15) is 17.4 Å². The quantitative estimate of drug-likeness (QED) is 0.653. The Hall–Kier alpha value is -3.61. The average molecular weight is 393 g/mol. The first kappa shape index (κ1) is 18.7. The maximum absolute atomic E-state index is 13.3. The van der Waals surface area contributed by atoms with E-state index < -0.39 is 17.6 Å². The molecular weight excluding hydrogens is 373 g/mol. The van der Waals surface area contributed by atoms with Crippen LogP contribution in [0.3, 0.4) is 0 Å². The number of furan rings is 1. The van der Waals surface area contributed by atoms with Crippen LogP contribution in [0, 0.1) is 5.82 Å². The molecule has 0 spiro atoms. The fourth-order valence-corrected chi connectivity index (χ4v) is 3.56. The second kappa shape index (κ2) is 8.18. The monoisotopic (exact) mass is 393 g/mol. The molecule has 4 rings (SSSR count). The van der Waals surface area contributed by atoms with Crippen LogP contribution in [0.2, 0.25) is 0 Å². The van der Waals surface area contributed by atoms with E-state index in [2.05, 4.69) is 21.6 Å². The van der Waals surface area contributed by atoms with Gasteiger partial charge in [-0.2, -0.15) is 0 Å². The van der Waals surface area contributed by atoms with Crippen LogP contribution >= 0.6 is 0 Å². The highest BCUT2D eigenvalue weighted by Crippen LogP contribution is 2.34. The highest BCUT2D eigenvalue weighted by atomic mass is 19.1. The Morgan fingerprint density at radius 3 is 2.72 bits per heavy atom. The molecule has 29 heavy (non-hydrogen) atoms. The lowest BCUT2D eigenvalue weighted by atomic mass is 10.1. The number of nitrogens with zero attached hydrogens (tertiary/aromatic N) is 1. The van der Waals surface area contributed by atoms with Crippen molar-refractivity contribution in [2.24, 2.45) is 0 Å². The lowest BCUT2D eigenvalue weighted by molar-refractivity contribution is -0.136. The molecule has 1 atom stereocenters. The van der Waals surface area contributed by atoms with E-state index in [0.717, 1.165) is 24.7 Å². The minimum Gasteiger partial charge on any atom is -0.467 e. The van der Waals surface area contributed by atoms with Crippen LogP contribution in [-0.2, 0) is 16.0 Å². The molecule has 2 amide bonds. The van der Waals surface area contributed by atoms with Gasteiger partial charge in [0.1, 0.15) is 17.6 Å². The van der Waals surface area contributed by atoms with Crippen molar-refractivity contribution < 1.29 is 18.4 Å². The third kappa shape index (κ3) is 4.13. The fourth-order valence-electron chi connectivity index (χ4n) is 3.56. The van der Waals surface area contributed by atoms with Crippen LogP contribution in [0.5, 0.6) is 0 Å². The first-order chi connectivity index (χ1) is 14.1. The zero-order valence-corrected chi connectivity index (χ0v) is 15.6. The molecule has 2 aromatic carbocycles. The number of rotatable bonds is 5. The minimum absolute atomic E-state index is 0.192. The SMILES string of the molecule is O=C(NCC(c1ccco1)N1CCc2ccccc21)C(=O)Nc1cccc(F)c1. The normalized spacial score (nSPS) is 13.6. The van der Waals surface area contributed by atoms with Crippen molar-refractivity contribution in [2.75, 3.05) is 23.3 Å². The van der Waals surface area contributed by atoms with Crippen molar-refractivity contribution >= 4 is 23.2 Å². The van der Waals surface area contributed by atoms with E-state index in [-0.39, 0.29) is 18.3 Å². The molecule has 0 aliphatic carbocycles. The lowest BCUT2D eigenvalue weighted by Crippen LogP contribution is -2.41. The number of fused-ring (bicyclic) bond motifs is 1. The summed E-state index contributed by atoms with van der Waals surface area (Å²) in [7, 11) is 0. The number of nitrogens with one attached hydrogen (secondary N) is 2. The summed E-state index contributed by atoms with van der Waals surface area (Å²) in [6.07, 6.45) is 2.49. The lowest BCUT2D eigenvalue weighted by Gasteiger charge is -2.29. The van der Waals surface area contributed by atoms with E-state index in [4.69, 9.17) is 4.42 Å². The molecule has 0 saturated carbocycles. The Balaban J connectivity index is 1.45. The van der Waals surface area contributed by atoms with Gasteiger partial charge in [-0.25, -0.2) is 4.39 Å². The Morgan fingerprint density at radius 2 is 1.93 bits per heavy atom. The summed E-state index contributed by atoms with van der Waals surface area (Å²) < 4.78 is 18.8. The van der Waals surface area contributed by atoms with E-state index in [1.54, 1.807) is 12.3 Å². The van der Waals surface area contributed by atoms with E-state index in [1.165, 1.54) is 23.8 Å². The van der Waals surface area contributed by atoms with Gasteiger partial charge < -0.3 is 20.0 Å². The molecule has 2 heterocycles. The zero-order valence-electron chi connectivity index (χ0n) is 15.6. The highest BCUT2D eigenvalue weighted by molar-refractivity contribution is 6.39. The summed E-state index contributed by atoms with van der Waals surface area (Å²) >= 11 is 0. The number of carbonyl (C=O) groups excluding carboxylic acids is 2. The molecule has 1 aromatic heterocycles. The van der Waals surface area contributed by atoms with Crippen LogP contribution < -0.4 is 15.5 Å². The van der Waals surface area contributed by atoms with Crippen molar-refractivity contribution in [2.45, 2.75) is 12.5 Å². The molecule has 2 N–H and O–H groups in total. The van der Waals surface area contributed by atoms with E-state index in [0.29, 0.717) is 5.76 Å². The number of carbonyl (C=O) groups is 2. The molecular formula is C22H20FN3O3. The number of anilines is 2. The van der Waals surface area contributed by atoms with E-state index in [1.807, 2.05) is 24.3 Å². The summed E-state index contributed by atoms with van der Waals surface area (Å²) in [6, 6.07) is 16.9. The van der Waals surface area contributed by atoms with Crippen molar-refractivity contribution in [1.29, 1.82) is 0 Å². The van der Waals surface area contributed by atoms with E-state index >= 15 is 0 Å². The highest BCUT2D eigenvalue weighted by Gasteiger charge is 2.29. The number of hydrogen-bond donors (Lipinski definition) is 2. The predicted octanol–water partition coefficient (Wildman–Crippen LogP) is 3.28. The summed E-state index contributed by atoms with van der Waals surface area (Å²) in [4.78, 5) is 26.6. The van der Waals surface area contributed by atoms with Crippen molar-refractivity contribution in [1.82, 2.24) is 5.32 Å². The van der Waals surface area contributed by atoms with Gasteiger partial charge in [-0.1, -0.05) is 24.3 Å². The molecule has 0 fully saturated rings. The van der Waals surface area contributed by atoms with Crippen LogP contribution in [-0.4, -0.2) is 24.9 Å². The molecule has 1 unspecified atom stereocenters. The van der Waals surface area contributed by atoms with Gasteiger partial charge in [0.15, 0.2) is 0 Å². The standard InChI is InChI=1S/C22H20FN3O3/c23-16-6-3-7-17(13-16)25-22(28)21(27)24-14-19(20-9-4-12-29-20)26-11-10-15-5-1-2-8-18(15)26/h1-9,12-13,19H,10-11,14H2,(H,24,27)(H,25,28). The molecule has 1 aliphatic rings. The van der Waals surface area contributed by atoms with Gasteiger partial charge in [0.25, 0.3) is 0 Å². The summed E-state index contributed by atoms with van der Waals surface area (Å²) in [5, 5.41) is 5.07. The van der Waals surface area contributed by atoms with Crippen LogP contribution in [0.4, 0.5) is 15.8 Å². The van der Waals surface area contributed by atoms with Crippen LogP contribution in [0.25, 0.3) is 0 Å². The van der Waals surface area contributed by atoms with Crippen molar-refractivity contribution in [3.8, 4) is 0 Å². The molecule has 3 aromatic rings. The van der Waals surface area contributed by atoms with Crippen molar-refractivity contribution in [3.05, 3.63) is 84.1 Å². The molecule has 0 radical (unpaired) electrons. The number of halogens is 1. The Kier molecular flexibility index (Phi) is 5.29. The predicted molar refractivity (Wildman–Crippen MR) is 107 cm³/mol.